The van der Waals surface area contributed by atoms with Crippen molar-refractivity contribution < 1.29 is 50.4 Å². The van der Waals surface area contributed by atoms with E-state index in [9.17, 15) is 21.3 Å². The van der Waals surface area contributed by atoms with Crippen molar-refractivity contribution in [2.24, 2.45) is 0 Å². The Labute approximate surface area is 76.2 Å². The molecule has 0 aliphatic carbocycles. The molecule has 0 saturated heterocycles. The fourth-order valence-corrected chi connectivity index (χ4v) is 0. The van der Waals surface area contributed by atoms with Gasteiger partial charge < -0.3 is 11.0 Å². The van der Waals surface area contributed by atoms with Crippen molar-refractivity contribution in [2.75, 3.05) is 0 Å². The molecule has 4 N–H and O–H groups in total. The average molecular weight is 290 g/mol. The summed E-state index contributed by atoms with van der Waals surface area (Å²) in [6.45, 7) is 0. The van der Waals surface area contributed by atoms with E-state index in [1.54, 1.807) is 0 Å². The number of rotatable bonds is 0. The van der Waals surface area contributed by atoms with Gasteiger partial charge >= 0.3 is 34.8 Å². The van der Waals surface area contributed by atoms with Crippen LogP contribution in [0.1, 0.15) is 14.9 Å². The van der Waals surface area contributed by atoms with Gasteiger partial charge in [-0.2, -0.15) is 0 Å². The number of halogens is 7. The first-order chi connectivity index (χ1) is 3.45. The Kier molecular flexibility index (Phi) is 28.1. The zero-order valence-corrected chi connectivity index (χ0v) is 5.95. The number of hydrogen-bond acceptors (Lipinski definition) is 2. The van der Waals surface area contributed by atoms with Gasteiger partial charge in [0, 0.05) is 9.93 Å². The molecule has 0 amide bonds. The minimum absolute atomic E-state index is 0. The van der Waals surface area contributed by atoms with Crippen LogP contribution in [0.2, 0.25) is 0 Å². The van der Waals surface area contributed by atoms with E-state index in [4.69, 9.17) is 9.93 Å². The van der Waals surface area contributed by atoms with Crippen LogP contribution in [0, 0.1) is 9.93 Å². The SMILES string of the molecule is C.C.F.O.O.O=O.[F][Fe]([F])([F])([F])([F])[F]. The third-order valence-corrected chi connectivity index (χ3v) is 0. The molecule has 0 heterocycles. The molecule has 0 radical (unpaired) electrons. The molecule has 0 aromatic carbocycles. The molecule has 0 saturated carbocycles. The van der Waals surface area contributed by atoms with Gasteiger partial charge in [-0.15, -0.1) is 0 Å². The molecule has 14 heavy (non-hydrogen) atoms. The fourth-order valence-electron chi connectivity index (χ4n) is 0. The van der Waals surface area contributed by atoms with Crippen LogP contribution in [0.4, 0.5) is 26.0 Å². The van der Waals surface area contributed by atoms with E-state index in [0.29, 0.717) is 0 Å². The quantitative estimate of drug-likeness (QED) is 0.505. The molecule has 4 nitrogen and oxygen atoms in total. The van der Waals surface area contributed by atoms with E-state index in [2.05, 4.69) is 0 Å². The van der Waals surface area contributed by atoms with Crippen LogP contribution >= 0.6 is 0 Å². The second kappa shape index (κ2) is 7.91. The van der Waals surface area contributed by atoms with Gasteiger partial charge in [0.2, 0.25) is 0 Å². The van der Waals surface area contributed by atoms with Gasteiger partial charge in [0.15, 0.2) is 0 Å². The molecular formula is C2H13F7FeO4. The summed E-state index contributed by atoms with van der Waals surface area (Å²) in [5, 5.41) is 0. The third kappa shape index (κ3) is 6330. The molecule has 0 atom stereocenters. The molecule has 0 fully saturated rings. The molecule has 0 aromatic heterocycles. The molecule has 0 aromatic rings. The summed E-state index contributed by atoms with van der Waals surface area (Å²) >= 11 is -10.8. The van der Waals surface area contributed by atoms with Gasteiger partial charge in [-0.1, -0.05) is 14.9 Å². The van der Waals surface area contributed by atoms with E-state index in [1.807, 2.05) is 0 Å². The first-order valence-corrected chi connectivity index (χ1v) is 3.47. The van der Waals surface area contributed by atoms with Crippen LogP contribution in [0.25, 0.3) is 0 Å². The van der Waals surface area contributed by atoms with Gasteiger partial charge in [-0.3, -0.25) is 4.70 Å². The molecule has 12 heteroatoms. The van der Waals surface area contributed by atoms with E-state index in [0.717, 1.165) is 0 Å². The number of hydrogen-bond donors (Lipinski definition) is 0. The van der Waals surface area contributed by atoms with Crippen LogP contribution in [-0.2, 0) is 13.5 Å². The first kappa shape index (κ1) is 49.7. The standard InChI is InChI=1S/2CH4.7FH.Fe.O2.2H2O/c;;;;;;;;;;1-2;;/h2*1H4;7*1H;;;2*1H2/q;;;;;;;;;+6;;;/p-6. The van der Waals surface area contributed by atoms with Gasteiger partial charge in [0.05, 0.1) is 0 Å². The normalized spacial score (nSPS) is 11.9. The monoisotopic (exact) mass is 290 g/mol. The zero-order valence-electron chi connectivity index (χ0n) is 4.85. The summed E-state index contributed by atoms with van der Waals surface area (Å²) in [7, 11) is 0. The molecule has 0 aliphatic heterocycles. The third-order valence-electron chi connectivity index (χ3n) is 0. The van der Waals surface area contributed by atoms with Gasteiger partial charge in [-0.25, -0.2) is 0 Å². The second-order valence-corrected chi connectivity index (χ2v) is 3.12. The summed E-state index contributed by atoms with van der Waals surface area (Å²) in [5.41, 5.74) is 0. The van der Waals surface area contributed by atoms with E-state index in [1.165, 1.54) is 0 Å². The van der Waals surface area contributed by atoms with Crippen LogP contribution in [0.15, 0.2) is 0 Å². The Morgan fingerprint density at radius 1 is 0.643 bits per heavy atom. The predicted octanol–water partition coefficient (Wildman–Crippen LogP) is 2.36. The Morgan fingerprint density at radius 3 is 0.643 bits per heavy atom. The predicted molar refractivity (Wildman–Crippen MR) is 36.6 cm³/mol. The molecule has 0 bridgehead atoms. The Hall–Kier alpha value is -0.451. The van der Waals surface area contributed by atoms with E-state index in [-0.39, 0.29) is 30.5 Å². The maximum absolute atomic E-state index is 10.8. The van der Waals surface area contributed by atoms with E-state index >= 15 is 0 Å². The fraction of sp³-hybridized carbons (Fsp3) is 1.00. The van der Waals surface area contributed by atoms with Crippen molar-refractivity contribution in [3.63, 3.8) is 0 Å². The Bertz CT molecular complexity index is 93.0. The summed E-state index contributed by atoms with van der Waals surface area (Å²) in [6.07, 6.45) is 0. The van der Waals surface area contributed by atoms with Gasteiger partial charge in [0.25, 0.3) is 0 Å². The van der Waals surface area contributed by atoms with Crippen molar-refractivity contribution in [1.29, 1.82) is 0 Å². The van der Waals surface area contributed by atoms with Crippen LogP contribution in [-0.4, -0.2) is 11.0 Å². The summed E-state index contributed by atoms with van der Waals surface area (Å²) < 4.78 is 59.2. The Morgan fingerprint density at radius 2 is 0.643 bits per heavy atom. The van der Waals surface area contributed by atoms with Gasteiger partial charge in [-0.05, 0) is 0 Å². The maximum atomic E-state index is 9.88. The average Bonchev–Trinajstić information content (AvgIpc) is 1.30. The summed E-state index contributed by atoms with van der Waals surface area (Å²) in [6, 6.07) is 0. The van der Waals surface area contributed by atoms with Crippen LogP contribution in [0.5, 0.6) is 0 Å². The van der Waals surface area contributed by atoms with Crippen molar-refractivity contribution in [2.45, 2.75) is 14.9 Å². The zero-order chi connectivity index (χ0) is 8.41. The molecule has 0 unspecified atom stereocenters. The van der Waals surface area contributed by atoms with Crippen LogP contribution < -0.4 is 0 Å². The molecule has 102 valence electrons. The van der Waals surface area contributed by atoms with Gasteiger partial charge in [0.1, 0.15) is 0 Å². The second-order valence-electron chi connectivity index (χ2n) is 0.758. The first-order valence-electron chi connectivity index (χ1n) is 0.968. The van der Waals surface area contributed by atoms with Crippen molar-refractivity contribution >= 4 is 0 Å². The minimum atomic E-state index is -10.8. The van der Waals surface area contributed by atoms with Crippen LogP contribution in [0.3, 0.4) is 0 Å². The summed E-state index contributed by atoms with van der Waals surface area (Å²) in [5.74, 6) is 0. The molecule has 0 rings (SSSR count). The van der Waals surface area contributed by atoms with Crippen molar-refractivity contribution in [1.82, 2.24) is 0 Å². The van der Waals surface area contributed by atoms with Crippen molar-refractivity contribution in [3.8, 4) is 0 Å². The molecule has 0 spiro atoms. The van der Waals surface area contributed by atoms with Crippen molar-refractivity contribution in [3.05, 3.63) is 9.93 Å². The Balaban J connectivity index is -0.0000000132. The molecular weight excluding hydrogens is 277 g/mol. The topological polar surface area (TPSA) is 97.1 Å². The molecule has 0 aliphatic rings. The van der Waals surface area contributed by atoms with E-state index < -0.39 is 13.5 Å². The summed E-state index contributed by atoms with van der Waals surface area (Å²) in [4.78, 5) is 14.0.